The van der Waals surface area contributed by atoms with Crippen LogP contribution in [0.4, 0.5) is 14.6 Å². The molecule has 0 N–H and O–H groups in total. The molecular formula is C20H25F2N5O. The van der Waals surface area contributed by atoms with Gasteiger partial charge in [0.05, 0.1) is 12.8 Å². The molecule has 1 saturated carbocycles. The van der Waals surface area contributed by atoms with Crippen molar-refractivity contribution >= 4 is 5.82 Å². The molecule has 28 heavy (non-hydrogen) atoms. The monoisotopic (exact) mass is 389 g/mol. The second-order valence-electron chi connectivity index (χ2n) is 7.52. The van der Waals surface area contributed by atoms with Gasteiger partial charge in [-0.3, -0.25) is 4.90 Å². The Balaban J connectivity index is 1.46. The van der Waals surface area contributed by atoms with Crippen LogP contribution in [0.25, 0.3) is 0 Å². The summed E-state index contributed by atoms with van der Waals surface area (Å²) in [5.41, 5.74) is 0.792. The maximum Gasteiger partial charge on any atom is 0.280 e. The molecule has 2 aliphatic rings. The van der Waals surface area contributed by atoms with E-state index in [-0.39, 0.29) is 17.7 Å². The quantitative estimate of drug-likeness (QED) is 0.755. The fraction of sp³-hybridized carbons (Fsp3) is 0.550. The van der Waals surface area contributed by atoms with Crippen LogP contribution in [0.2, 0.25) is 0 Å². The summed E-state index contributed by atoms with van der Waals surface area (Å²) in [6.45, 7) is 5.15. The van der Waals surface area contributed by atoms with Gasteiger partial charge in [0.1, 0.15) is 17.3 Å². The van der Waals surface area contributed by atoms with Gasteiger partial charge in [-0.15, -0.1) is 0 Å². The maximum absolute atomic E-state index is 13.3. The first kappa shape index (κ1) is 19.0. The zero-order valence-electron chi connectivity index (χ0n) is 16.2. The lowest BCUT2D eigenvalue weighted by Gasteiger charge is -2.40. The van der Waals surface area contributed by atoms with Gasteiger partial charge in [-0.25, -0.2) is 23.7 Å². The van der Waals surface area contributed by atoms with Crippen LogP contribution in [-0.4, -0.2) is 52.6 Å². The average molecular weight is 389 g/mol. The largest absolute Gasteiger partial charge is 0.481 e. The van der Waals surface area contributed by atoms with Gasteiger partial charge in [0.15, 0.2) is 0 Å². The number of alkyl halides is 2. The number of hydrogen-bond acceptors (Lipinski definition) is 6. The molecule has 1 aliphatic carbocycles. The predicted molar refractivity (Wildman–Crippen MR) is 102 cm³/mol. The highest BCUT2D eigenvalue weighted by atomic mass is 19.3. The summed E-state index contributed by atoms with van der Waals surface area (Å²) in [4.78, 5) is 17.6. The van der Waals surface area contributed by atoms with E-state index < -0.39 is 6.43 Å². The number of aromatic nitrogens is 3. The lowest BCUT2D eigenvalue weighted by molar-refractivity contribution is 0.145. The first-order valence-corrected chi connectivity index (χ1v) is 9.69. The molecule has 0 amide bonds. The van der Waals surface area contributed by atoms with Gasteiger partial charge < -0.3 is 9.64 Å². The molecule has 0 radical (unpaired) electrons. The first-order valence-electron chi connectivity index (χ1n) is 9.69. The van der Waals surface area contributed by atoms with Crippen molar-refractivity contribution in [3.63, 3.8) is 0 Å². The molecule has 2 fully saturated rings. The highest BCUT2D eigenvalue weighted by Crippen LogP contribution is 2.39. The topological polar surface area (TPSA) is 54.4 Å². The van der Waals surface area contributed by atoms with E-state index in [1.54, 1.807) is 7.11 Å². The molecule has 2 aromatic heterocycles. The number of piperazine rings is 1. The molecule has 2 aromatic rings. The lowest BCUT2D eigenvalue weighted by atomic mass is 10.1. The van der Waals surface area contributed by atoms with Crippen molar-refractivity contribution in [2.45, 2.75) is 44.7 Å². The third kappa shape index (κ3) is 4.22. The van der Waals surface area contributed by atoms with Gasteiger partial charge >= 0.3 is 0 Å². The summed E-state index contributed by atoms with van der Waals surface area (Å²) >= 11 is 0. The summed E-state index contributed by atoms with van der Waals surface area (Å²) < 4.78 is 31.8. The molecule has 0 spiro atoms. The molecule has 1 saturated heterocycles. The Morgan fingerprint density at radius 3 is 2.68 bits per heavy atom. The summed E-state index contributed by atoms with van der Waals surface area (Å²) in [5, 5.41) is 0. The Labute approximate surface area is 163 Å². The molecule has 3 heterocycles. The van der Waals surface area contributed by atoms with E-state index in [2.05, 4.69) is 31.7 Å². The first-order chi connectivity index (χ1) is 13.5. The van der Waals surface area contributed by atoms with Crippen LogP contribution in [0.3, 0.4) is 0 Å². The number of ether oxygens (including phenoxy) is 1. The number of hydrogen-bond donors (Lipinski definition) is 0. The van der Waals surface area contributed by atoms with Crippen LogP contribution in [-0.2, 0) is 6.54 Å². The zero-order chi connectivity index (χ0) is 19.7. The number of methoxy groups -OCH3 is 1. The number of halogens is 2. The van der Waals surface area contributed by atoms with Crippen molar-refractivity contribution in [3.05, 3.63) is 41.5 Å². The van der Waals surface area contributed by atoms with Crippen molar-refractivity contribution in [3.8, 4) is 5.88 Å². The van der Waals surface area contributed by atoms with E-state index in [4.69, 9.17) is 4.74 Å². The highest BCUT2D eigenvalue weighted by Gasteiger charge is 2.31. The minimum absolute atomic E-state index is 0.164. The average Bonchev–Trinajstić information content (AvgIpc) is 3.54. The fourth-order valence-corrected chi connectivity index (χ4v) is 3.57. The van der Waals surface area contributed by atoms with Gasteiger partial charge in [-0.2, -0.15) is 0 Å². The Bertz CT molecular complexity index is 810. The molecule has 0 bridgehead atoms. The van der Waals surface area contributed by atoms with Gasteiger partial charge in [0.25, 0.3) is 6.43 Å². The van der Waals surface area contributed by atoms with Crippen LogP contribution >= 0.6 is 0 Å². The van der Waals surface area contributed by atoms with Crippen LogP contribution in [0.5, 0.6) is 5.88 Å². The summed E-state index contributed by atoms with van der Waals surface area (Å²) in [5.74, 6) is 2.05. The Morgan fingerprint density at radius 2 is 2.00 bits per heavy atom. The molecule has 1 atom stereocenters. The molecule has 1 aliphatic heterocycles. The highest BCUT2D eigenvalue weighted by molar-refractivity contribution is 5.42. The Kier molecular flexibility index (Phi) is 5.39. The van der Waals surface area contributed by atoms with E-state index in [0.717, 1.165) is 44.7 Å². The van der Waals surface area contributed by atoms with E-state index in [0.29, 0.717) is 17.5 Å². The zero-order valence-corrected chi connectivity index (χ0v) is 16.2. The minimum atomic E-state index is -2.57. The number of anilines is 1. The van der Waals surface area contributed by atoms with Gasteiger partial charge in [0, 0.05) is 50.3 Å². The number of rotatable bonds is 6. The standard InChI is InChI=1S/C20H25F2N5O/c1-13-11-27(9-8-26(13)12-15-4-3-5-18(23-15)28-2)17-10-16(19(21)22)24-20(25-17)14-6-7-14/h3-5,10,13-14,19H,6-9,11-12H2,1-2H3. The molecular weight excluding hydrogens is 364 g/mol. The molecule has 1 unspecified atom stereocenters. The Hall–Kier alpha value is -2.35. The van der Waals surface area contributed by atoms with E-state index in [9.17, 15) is 8.78 Å². The number of nitrogens with zero attached hydrogens (tertiary/aromatic N) is 5. The summed E-state index contributed by atoms with van der Waals surface area (Å²) in [6, 6.07) is 7.45. The van der Waals surface area contributed by atoms with Crippen molar-refractivity contribution < 1.29 is 13.5 Å². The number of pyridine rings is 1. The van der Waals surface area contributed by atoms with Crippen molar-refractivity contribution in [1.29, 1.82) is 0 Å². The van der Waals surface area contributed by atoms with E-state index in [1.165, 1.54) is 6.07 Å². The summed E-state index contributed by atoms with van der Waals surface area (Å²) in [6.07, 6.45) is -0.592. The van der Waals surface area contributed by atoms with E-state index in [1.807, 2.05) is 18.2 Å². The normalized spacial score (nSPS) is 20.6. The third-order valence-electron chi connectivity index (χ3n) is 5.36. The second kappa shape index (κ2) is 7.95. The molecule has 8 heteroatoms. The van der Waals surface area contributed by atoms with Gasteiger partial charge in [-0.05, 0) is 25.8 Å². The van der Waals surface area contributed by atoms with Crippen LogP contribution in [0.15, 0.2) is 24.3 Å². The maximum atomic E-state index is 13.3. The molecule has 6 nitrogen and oxygen atoms in total. The van der Waals surface area contributed by atoms with Crippen LogP contribution < -0.4 is 9.64 Å². The van der Waals surface area contributed by atoms with Crippen molar-refractivity contribution in [2.75, 3.05) is 31.6 Å². The van der Waals surface area contributed by atoms with Crippen LogP contribution in [0, 0.1) is 0 Å². The van der Waals surface area contributed by atoms with Gasteiger partial charge in [0.2, 0.25) is 5.88 Å². The molecule has 4 rings (SSSR count). The summed E-state index contributed by atoms with van der Waals surface area (Å²) in [7, 11) is 1.61. The lowest BCUT2D eigenvalue weighted by Crippen LogP contribution is -2.51. The second-order valence-corrected chi connectivity index (χ2v) is 7.52. The molecule has 150 valence electrons. The van der Waals surface area contributed by atoms with E-state index >= 15 is 0 Å². The van der Waals surface area contributed by atoms with Gasteiger partial charge in [-0.1, -0.05) is 6.07 Å². The fourth-order valence-electron chi connectivity index (χ4n) is 3.57. The van der Waals surface area contributed by atoms with Crippen molar-refractivity contribution in [2.24, 2.45) is 0 Å². The SMILES string of the molecule is COc1cccc(CN2CCN(c3cc(C(F)F)nc(C4CC4)n3)CC2C)n1. The molecule has 0 aromatic carbocycles. The van der Waals surface area contributed by atoms with Crippen molar-refractivity contribution in [1.82, 2.24) is 19.9 Å². The third-order valence-corrected chi connectivity index (χ3v) is 5.36. The minimum Gasteiger partial charge on any atom is -0.481 e. The Morgan fingerprint density at radius 1 is 1.18 bits per heavy atom. The smallest absolute Gasteiger partial charge is 0.280 e. The predicted octanol–water partition coefficient (Wildman–Crippen LogP) is 3.41. The van der Waals surface area contributed by atoms with Crippen LogP contribution in [0.1, 0.15) is 49.3 Å².